The topological polar surface area (TPSA) is 120 Å². The molecule has 2 aliphatic heterocycles. The predicted octanol–water partition coefficient (Wildman–Crippen LogP) is 2.04. The van der Waals surface area contributed by atoms with Gasteiger partial charge in [-0.15, -0.1) is 0 Å². The second-order valence-corrected chi connectivity index (χ2v) is 6.88. The Kier molecular flexibility index (Phi) is 3.86. The molecule has 26 heavy (non-hydrogen) atoms. The van der Waals surface area contributed by atoms with Crippen LogP contribution in [0.1, 0.15) is 42.1 Å². The van der Waals surface area contributed by atoms with Gasteiger partial charge in [-0.2, -0.15) is 0 Å². The van der Waals surface area contributed by atoms with Gasteiger partial charge in [0.05, 0.1) is 6.10 Å². The highest BCUT2D eigenvalue weighted by Gasteiger charge is 2.38. The molecule has 4 unspecified atom stereocenters. The summed E-state index contributed by atoms with van der Waals surface area (Å²) in [4.78, 5) is 0. The van der Waals surface area contributed by atoms with E-state index in [9.17, 15) is 25.5 Å². The maximum Gasteiger partial charge on any atom is 0.197 e. The second-order valence-electron chi connectivity index (χ2n) is 6.88. The lowest BCUT2D eigenvalue weighted by molar-refractivity contribution is -0.0399. The van der Waals surface area contributed by atoms with Crippen LogP contribution in [0, 0.1) is 0 Å². The molecular formula is C19H20O7. The van der Waals surface area contributed by atoms with Crippen molar-refractivity contribution in [2.24, 2.45) is 0 Å². The largest absolute Gasteiger partial charge is 0.507 e. The molecule has 5 N–H and O–H groups in total. The zero-order valence-corrected chi connectivity index (χ0v) is 14.1. The number of ether oxygens (including phenoxy) is 2. The van der Waals surface area contributed by atoms with E-state index in [0.29, 0.717) is 29.0 Å². The summed E-state index contributed by atoms with van der Waals surface area (Å²) < 4.78 is 11.5. The van der Waals surface area contributed by atoms with E-state index in [-0.39, 0.29) is 29.6 Å². The third kappa shape index (κ3) is 2.60. The lowest BCUT2D eigenvalue weighted by Crippen LogP contribution is -2.32. The van der Waals surface area contributed by atoms with Crippen LogP contribution in [0.4, 0.5) is 0 Å². The molecular weight excluding hydrogens is 340 g/mol. The Hall–Kier alpha value is -2.64. The molecule has 0 bridgehead atoms. The Balaban J connectivity index is 1.80. The lowest BCUT2D eigenvalue weighted by atomic mass is 9.86. The van der Waals surface area contributed by atoms with E-state index in [0.717, 1.165) is 5.56 Å². The molecule has 0 amide bonds. The Morgan fingerprint density at radius 3 is 2.46 bits per heavy atom. The first kappa shape index (κ1) is 16.8. The maximum atomic E-state index is 10.5. The first-order chi connectivity index (χ1) is 12.3. The van der Waals surface area contributed by atoms with Crippen molar-refractivity contribution in [2.75, 3.05) is 0 Å². The highest BCUT2D eigenvalue weighted by molar-refractivity contribution is 5.60. The van der Waals surface area contributed by atoms with E-state index in [2.05, 4.69) is 0 Å². The minimum Gasteiger partial charge on any atom is -0.507 e. The average molecular weight is 360 g/mol. The molecule has 2 aromatic carbocycles. The molecule has 0 aliphatic carbocycles. The van der Waals surface area contributed by atoms with Crippen LogP contribution < -0.4 is 9.47 Å². The molecule has 0 saturated heterocycles. The summed E-state index contributed by atoms with van der Waals surface area (Å²) in [5.74, 6) is 0.101. The molecule has 7 heteroatoms. The van der Waals surface area contributed by atoms with Crippen molar-refractivity contribution in [2.45, 2.75) is 44.2 Å². The van der Waals surface area contributed by atoms with E-state index in [1.807, 2.05) is 6.92 Å². The summed E-state index contributed by atoms with van der Waals surface area (Å²) in [5.41, 5.74) is 1.73. The summed E-state index contributed by atoms with van der Waals surface area (Å²) in [6.07, 6.45) is -2.12. The number of aromatic hydroxyl groups is 3. The molecule has 2 heterocycles. The minimum atomic E-state index is -0.950. The standard InChI is InChI=1S/C19H20O7/c1-8-4-16(24)25-15-7-12(21)10-6-14(23)18(26-19(10)17(8)15)9-2-3-11(20)13(22)5-9/h2-3,5,7-8,14,16,18,20-24H,4,6H2,1H3. The summed E-state index contributed by atoms with van der Waals surface area (Å²) in [6, 6.07) is 5.67. The highest BCUT2D eigenvalue weighted by atomic mass is 16.6. The Bertz CT molecular complexity index is 863. The first-order valence-corrected chi connectivity index (χ1v) is 8.45. The van der Waals surface area contributed by atoms with Crippen molar-refractivity contribution >= 4 is 0 Å². The fraction of sp³-hybridized carbons (Fsp3) is 0.368. The molecule has 4 rings (SSSR count). The quantitative estimate of drug-likeness (QED) is 0.494. The smallest absolute Gasteiger partial charge is 0.197 e. The van der Waals surface area contributed by atoms with Crippen molar-refractivity contribution in [1.82, 2.24) is 0 Å². The Labute approximate surface area is 149 Å². The van der Waals surface area contributed by atoms with Crippen LogP contribution in [0.2, 0.25) is 0 Å². The summed E-state index contributed by atoms with van der Waals surface area (Å²) in [7, 11) is 0. The van der Waals surface area contributed by atoms with Crippen molar-refractivity contribution in [3.8, 4) is 28.7 Å². The third-order valence-corrected chi connectivity index (χ3v) is 5.01. The van der Waals surface area contributed by atoms with Gasteiger partial charge < -0.3 is 35.0 Å². The van der Waals surface area contributed by atoms with Gasteiger partial charge in [-0.25, -0.2) is 0 Å². The number of aliphatic hydroxyl groups excluding tert-OH is 2. The fourth-order valence-electron chi connectivity index (χ4n) is 3.72. The number of benzene rings is 2. The molecule has 0 aromatic heterocycles. The number of phenolic OH excluding ortho intramolecular Hbond substituents is 3. The van der Waals surface area contributed by atoms with Crippen molar-refractivity contribution in [3.63, 3.8) is 0 Å². The van der Waals surface area contributed by atoms with Crippen LogP contribution in [-0.4, -0.2) is 37.9 Å². The van der Waals surface area contributed by atoms with Gasteiger partial charge in [-0.1, -0.05) is 13.0 Å². The first-order valence-electron chi connectivity index (χ1n) is 8.45. The van der Waals surface area contributed by atoms with Crippen LogP contribution >= 0.6 is 0 Å². The van der Waals surface area contributed by atoms with Crippen LogP contribution in [0.25, 0.3) is 0 Å². The van der Waals surface area contributed by atoms with Gasteiger partial charge in [0.2, 0.25) is 0 Å². The number of rotatable bonds is 1. The number of fused-ring (bicyclic) bond motifs is 3. The van der Waals surface area contributed by atoms with Crippen LogP contribution in [0.15, 0.2) is 24.3 Å². The summed E-state index contributed by atoms with van der Waals surface area (Å²) >= 11 is 0. The fourth-order valence-corrected chi connectivity index (χ4v) is 3.72. The molecule has 0 fully saturated rings. The van der Waals surface area contributed by atoms with Crippen molar-refractivity contribution in [3.05, 3.63) is 41.0 Å². The SMILES string of the molecule is CC1CC(O)Oc2cc(O)c3c(c21)OC(c1ccc(O)c(O)c1)C(O)C3. The van der Waals surface area contributed by atoms with Crippen LogP contribution in [-0.2, 0) is 6.42 Å². The van der Waals surface area contributed by atoms with E-state index in [4.69, 9.17) is 9.47 Å². The van der Waals surface area contributed by atoms with E-state index in [1.165, 1.54) is 18.2 Å². The van der Waals surface area contributed by atoms with Gasteiger partial charge in [-0.05, 0) is 23.6 Å². The zero-order chi connectivity index (χ0) is 18.6. The Morgan fingerprint density at radius 2 is 1.73 bits per heavy atom. The molecule has 0 saturated carbocycles. The number of hydrogen-bond acceptors (Lipinski definition) is 7. The second kappa shape index (κ2) is 5.96. The number of hydrogen-bond donors (Lipinski definition) is 5. The number of aliphatic hydroxyl groups is 2. The summed E-state index contributed by atoms with van der Waals surface area (Å²) in [5, 5.41) is 49.9. The van der Waals surface area contributed by atoms with E-state index < -0.39 is 18.5 Å². The van der Waals surface area contributed by atoms with Gasteiger partial charge in [0.15, 0.2) is 17.8 Å². The molecule has 4 atom stereocenters. The lowest BCUT2D eigenvalue weighted by Gasteiger charge is -2.36. The zero-order valence-electron chi connectivity index (χ0n) is 14.1. The molecule has 138 valence electrons. The van der Waals surface area contributed by atoms with E-state index >= 15 is 0 Å². The Morgan fingerprint density at radius 1 is 0.962 bits per heavy atom. The van der Waals surface area contributed by atoms with E-state index in [1.54, 1.807) is 6.07 Å². The van der Waals surface area contributed by atoms with Gasteiger partial charge in [-0.3, -0.25) is 0 Å². The normalized spacial score (nSPS) is 27.0. The summed E-state index contributed by atoms with van der Waals surface area (Å²) in [6.45, 7) is 1.93. The van der Waals surface area contributed by atoms with Gasteiger partial charge in [0.25, 0.3) is 0 Å². The minimum absolute atomic E-state index is 0.0628. The van der Waals surface area contributed by atoms with Crippen molar-refractivity contribution < 1.29 is 35.0 Å². The van der Waals surface area contributed by atoms with Gasteiger partial charge in [0, 0.05) is 30.0 Å². The predicted molar refractivity (Wildman–Crippen MR) is 90.6 cm³/mol. The van der Waals surface area contributed by atoms with Crippen molar-refractivity contribution in [1.29, 1.82) is 0 Å². The molecule has 7 nitrogen and oxygen atoms in total. The van der Waals surface area contributed by atoms with Gasteiger partial charge in [0.1, 0.15) is 23.4 Å². The third-order valence-electron chi connectivity index (χ3n) is 5.01. The molecule has 2 aromatic rings. The van der Waals surface area contributed by atoms with Gasteiger partial charge >= 0.3 is 0 Å². The van der Waals surface area contributed by atoms with Crippen LogP contribution in [0.3, 0.4) is 0 Å². The molecule has 0 radical (unpaired) electrons. The number of phenols is 3. The molecule has 0 spiro atoms. The molecule has 2 aliphatic rings. The van der Waals surface area contributed by atoms with Crippen LogP contribution in [0.5, 0.6) is 28.7 Å². The average Bonchev–Trinajstić information content (AvgIpc) is 2.57. The maximum absolute atomic E-state index is 10.5. The highest BCUT2D eigenvalue weighted by Crippen LogP contribution is 2.51. The monoisotopic (exact) mass is 360 g/mol.